The van der Waals surface area contributed by atoms with E-state index in [4.69, 9.17) is 26.8 Å². The minimum absolute atomic E-state index is 0.129. The molecule has 34 heavy (non-hydrogen) atoms. The molecule has 8 nitrogen and oxygen atoms in total. The summed E-state index contributed by atoms with van der Waals surface area (Å²) in [6, 6.07) is 3.28. The molecular weight excluding hydrogens is 456 g/mol. The number of carbonyl (C=O) groups excluding carboxylic acids is 2. The van der Waals surface area contributed by atoms with Gasteiger partial charge in [0, 0.05) is 64.5 Å². The molecule has 1 unspecified atom stereocenters. The van der Waals surface area contributed by atoms with Crippen LogP contribution in [0, 0.1) is 11.8 Å². The van der Waals surface area contributed by atoms with Gasteiger partial charge in [-0.15, -0.1) is 0 Å². The molecule has 1 atom stereocenters. The highest BCUT2D eigenvalue weighted by molar-refractivity contribution is 6.33. The van der Waals surface area contributed by atoms with Gasteiger partial charge in [0.15, 0.2) is 0 Å². The van der Waals surface area contributed by atoms with Gasteiger partial charge in [0.1, 0.15) is 5.75 Å². The molecule has 0 aliphatic carbocycles. The number of rotatable bonds is 7. The van der Waals surface area contributed by atoms with E-state index < -0.39 is 0 Å². The van der Waals surface area contributed by atoms with Crippen LogP contribution in [-0.4, -0.2) is 80.7 Å². The third kappa shape index (κ3) is 6.34. The molecule has 3 saturated heterocycles. The summed E-state index contributed by atoms with van der Waals surface area (Å²) in [7, 11) is 1.52. The molecule has 4 rings (SSSR count). The molecular formula is C25H37ClN4O4. The van der Waals surface area contributed by atoms with Crippen LogP contribution >= 0.6 is 11.6 Å². The van der Waals surface area contributed by atoms with Crippen molar-refractivity contribution in [2.45, 2.75) is 44.6 Å². The Bertz CT molecular complexity index is 861. The lowest BCUT2D eigenvalue weighted by atomic mass is 9.94. The summed E-state index contributed by atoms with van der Waals surface area (Å²) in [5.74, 6) is 1.58. The summed E-state index contributed by atoms with van der Waals surface area (Å²) in [6.45, 7) is 6.27. The lowest BCUT2D eigenvalue weighted by molar-refractivity contribution is -0.133. The number of carbonyl (C=O) groups is 2. The SMILES string of the molecule is COc1cc(N)c(Cl)cc1C(=O)NC1CCN(CC2CCN(C(=O)CC3CCOC3)CC2)CC1. The van der Waals surface area contributed by atoms with E-state index in [9.17, 15) is 9.59 Å². The van der Waals surface area contributed by atoms with Crippen molar-refractivity contribution in [1.82, 2.24) is 15.1 Å². The lowest BCUT2D eigenvalue weighted by Crippen LogP contribution is -2.47. The Morgan fingerprint density at radius 1 is 1.12 bits per heavy atom. The van der Waals surface area contributed by atoms with Crippen LogP contribution in [0.3, 0.4) is 0 Å². The first kappa shape index (κ1) is 25.1. The molecule has 0 bridgehead atoms. The number of amides is 2. The van der Waals surface area contributed by atoms with Crippen LogP contribution in [0.5, 0.6) is 5.75 Å². The molecule has 3 N–H and O–H groups in total. The van der Waals surface area contributed by atoms with Crippen LogP contribution in [0.1, 0.15) is 48.9 Å². The zero-order valence-electron chi connectivity index (χ0n) is 20.1. The van der Waals surface area contributed by atoms with Crippen LogP contribution in [0.25, 0.3) is 0 Å². The second-order valence-corrected chi connectivity index (χ2v) is 10.3. The number of nitrogens with zero attached hydrogens (tertiary/aromatic N) is 2. The Morgan fingerprint density at radius 3 is 2.50 bits per heavy atom. The van der Waals surface area contributed by atoms with Crippen molar-refractivity contribution >= 4 is 29.1 Å². The van der Waals surface area contributed by atoms with Crippen molar-refractivity contribution in [3.8, 4) is 5.75 Å². The third-order valence-corrected chi connectivity index (χ3v) is 7.78. The summed E-state index contributed by atoms with van der Waals surface area (Å²) in [5.41, 5.74) is 6.62. The molecule has 1 aromatic rings. The molecule has 3 fully saturated rings. The third-order valence-electron chi connectivity index (χ3n) is 7.46. The van der Waals surface area contributed by atoms with E-state index in [-0.39, 0.29) is 11.9 Å². The summed E-state index contributed by atoms with van der Waals surface area (Å²) in [5, 5.41) is 3.48. The van der Waals surface area contributed by atoms with E-state index in [1.807, 2.05) is 4.90 Å². The van der Waals surface area contributed by atoms with E-state index >= 15 is 0 Å². The maximum atomic E-state index is 12.8. The molecule has 9 heteroatoms. The number of methoxy groups -OCH3 is 1. The fourth-order valence-corrected chi connectivity index (χ4v) is 5.45. The highest BCUT2D eigenvalue weighted by atomic mass is 35.5. The van der Waals surface area contributed by atoms with Crippen molar-refractivity contribution in [1.29, 1.82) is 0 Å². The summed E-state index contributed by atoms with van der Waals surface area (Å²) >= 11 is 6.11. The van der Waals surface area contributed by atoms with E-state index in [1.54, 1.807) is 12.1 Å². The number of ether oxygens (including phenoxy) is 2. The highest BCUT2D eigenvalue weighted by Gasteiger charge is 2.29. The fourth-order valence-electron chi connectivity index (χ4n) is 5.29. The number of likely N-dealkylation sites (tertiary alicyclic amines) is 2. The molecule has 0 aromatic heterocycles. The molecule has 1 aromatic carbocycles. The van der Waals surface area contributed by atoms with Crippen LogP contribution < -0.4 is 15.8 Å². The number of hydrogen-bond acceptors (Lipinski definition) is 6. The van der Waals surface area contributed by atoms with Gasteiger partial charge >= 0.3 is 0 Å². The Balaban J connectivity index is 1.17. The van der Waals surface area contributed by atoms with Gasteiger partial charge in [-0.05, 0) is 50.0 Å². The van der Waals surface area contributed by atoms with Gasteiger partial charge in [-0.1, -0.05) is 11.6 Å². The van der Waals surface area contributed by atoms with Crippen molar-refractivity contribution in [3.05, 3.63) is 22.7 Å². The average molecular weight is 493 g/mol. The van der Waals surface area contributed by atoms with E-state index in [1.165, 1.54) is 7.11 Å². The zero-order valence-corrected chi connectivity index (χ0v) is 20.8. The minimum atomic E-state index is -0.182. The van der Waals surface area contributed by atoms with Crippen LogP contribution in [-0.2, 0) is 9.53 Å². The van der Waals surface area contributed by atoms with E-state index in [0.29, 0.717) is 46.2 Å². The zero-order chi connectivity index (χ0) is 24.1. The minimum Gasteiger partial charge on any atom is -0.496 e. The van der Waals surface area contributed by atoms with E-state index in [2.05, 4.69) is 10.2 Å². The van der Waals surface area contributed by atoms with Gasteiger partial charge in [-0.2, -0.15) is 0 Å². The molecule has 0 spiro atoms. The first-order valence-corrected chi connectivity index (χ1v) is 12.8. The average Bonchev–Trinajstić information content (AvgIpc) is 3.35. The number of halogens is 1. The Morgan fingerprint density at radius 2 is 1.85 bits per heavy atom. The number of nitrogen functional groups attached to an aromatic ring is 1. The second kappa shape index (κ2) is 11.6. The topological polar surface area (TPSA) is 97.1 Å². The van der Waals surface area contributed by atoms with E-state index in [0.717, 1.165) is 78.0 Å². The highest BCUT2D eigenvalue weighted by Crippen LogP contribution is 2.29. The number of nitrogens with two attached hydrogens (primary N) is 1. The molecule has 2 amide bonds. The summed E-state index contributed by atoms with van der Waals surface area (Å²) in [4.78, 5) is 29.9. The molecule has 3 heterocycles. The normalized spacial score (nSPS) is 22.6. The van der Waals surface area contributed by atoms with Gasteiger partial charge < -0.3 is 30.3 Å². The largest absolute Gasteiger partial charge is 0.496 e. The van der Waals surface area contributed by atoms with Crippen molar-refractivity contribution in [2.75, 3.05) is 58.8 Å². The standard InChI is InChI=1S/C25H37ClN4O4/c1-33-23-14-22(27)21(26)13-20(23)25(32)28-19-4-7-29(8-5-19)15-17-2-9-30(10-3-17)24(31)12-18-6-11-34-16-18/h13-14,17-19H,2-12,15-16,27H2,1H3,(H,28,32). The molecule has 0 radical (unpaired) electrons. The number of nitrogens with one attached hydrogen (secondary N) is 1. The number of hydrogen-bond donors (Lipinski definition) is 2. The van der Waals surface area contributed by atoms with Gasteiger partial charge in [0.25, 0.3) is 5.91 Å². The van der Waals surface area contributed by atoms with Crippen molar-refractivity contribution in [2.24, 2.45) is 11.8 Å². The lowest BCUT2D eigenvalue weighted by Gasteiger charge is -2.38. The molecule has 3 aliphatic heterocycles. The van der Waals surface area contributed by atoms with Crippen LogP contribution in [0.4, 0.5) is 5.69 Å². The van der Waals surface area contributed by atoms with Crippen LogP contribution in [0.2, 0.25) is 5.02 Å². The maximum Gasteiger partial charge on any atom is 0.255 e. The first-order valence-electron chi connectivity index (χ1n) is 12.4. The molecule has 0 saturated carbocycles. The van der Waals surface area contributed by atoms with Crippen molar-refractivity contribution in [3.63, 3.8) is 0 Å². The molecule has 188 valence electrons. The predicted octanol–water partition coefficient (Wildman–Crippen LogP) is 2.79. The Kier molecular flexibility index (Phi) is 8.55. The predicted molar refractivity (Wildman–Crippen MR) is 132 cm³/mol. The fraction of sp³-hybridized carbons (Fsp3) is 0.680. The van der Waals surface area contributed by atoms with Gasteiger partial charge in [-0.3, -0.25) is 9.59 Å². The van der Waals surface area contributed by atoms with Gasteiger partial charge in [0.2, 0.25) is 5.91 Å². The Hall–Kier alpha value is -2.03. The smallest absolute Gasteiger partial charge is 0.255 e. The summed E-state index contributed by atoms with van der Waals surface area (Å²) in [6.07, 6.45) is 5.62. The maximum absolute atomic E-state index is 12.8. The summed E-state index contributed by atoms with van der Waals surface area (Å²) < 4.78 is 10.7. The van der Waals surface area contributed by atoms with Gasteiger partial charge in [-0.25, -0.2) is 0 Å². The van der Waals surface area contributed by atoms with Gasteiger partial charge in [0.05, 0.1) is 23.4 Å². The second-order valence-electron chi connectivity index (χ2n) is 9.88. The first-order chi connectivity index (χ1) is 16.4. The quantitative estimate of drug-likeness (QED) is 0.568. The number of benzene rings is 1. The monoisotopic (exact) mass is 492 g/mol. The Labute approximate surface area is 207 Å². The van der Waals surface area contributed by atoms with Crippen LogP contribution in [0.15, 0.2) is 12.1 Å². The number of anilines is 1. The number of piperidine rings is 2. The van der Waals surface area contributed by atoms with Crippen molar-refractivity contribution < 1.29 is 19.1 Å². The molecule has 3 aliphatic rings.